The number of rotatable bonds is 4. The Morgan fingerprint density at radius 1 is 1.33 bits per heavy atom. The van der Waals surface area contributed by atoms with Gasteiger partial charge in [0.05, 0.1) is 12.1 Å². The van der Waals surface area contributed by atoms with Gasteiger partial charge >= 0.3 is 0 Å². The molecule has 2 rings (SSSR count). The quantitative estimate of drug-likeness (QED) is 0.414. The zero-order valence-electron chi connectivity index (χ0n) is 9.00. The Labute approximate surface area is 89.2 Å². The van der Waals surface area contributed by atoms with Crippen LogP contribution >= 0.6 is 0 Å². The molecule has 86 valence electrons. The predicted octanol–water partition coefficient (Wildman–Crippen LogP) is 0.258. The molecule has 1 aliphatic carbocycles. The first-order valence-corrected chi connectivity index (χ1v) is 5.13. The van der Waals surface area contributed by atoms with Gasteiger partial charge in [0, 0.05) is 14.2 Å². The Morgan fingerprint density at radius 2 is 2.07 bits per heavy atom. The van der Waals surface area contributed by atoms with Gasteiger partial charge < -0.3 is 14.6 Å². The Morgan fingerprint density at radius 3 is 2.60 bits per heavy atom. The van der Waals surface area contributed by atoms with Crippen LogP contribution in [0.25, 0.3) is 0 Å². The average molecular weight is 215 g/mol. The molecule has 2 aliphatic rings. The third-order valence-electron chi connectivity index (χ3n) is 2.77. The summed E-state index contributed by atoms with van der Waals surface area (Å²) in [6, 6.07) is 0.228. The predicted molar refractivity (Wildman–Crippen MR) is 52.7 cm³/mol. The standard InChI is InChI=1S/C10H17NO4/c1-13-10(14-2)9-11(15-9)7-3-5-8(12)6-4-7/h3,5,7-10,12H,4,6H2,1-2H3/t7-,8?,9?,11?/m1/s1. The molecule has 5 heteroatoms. The number of nitrogens with zero attached hydrogens (tertiary/aromatic N) is 1. The molecular formula is C10H17NO4. The lowest BCUT2D eigenvalue weighted by molar-refractivity contribution is -0.117. The maximum atomic E-state index is 9.30. The van der Waals surface area contributed by atoms with Crippen molar-refractivity contribution in [1.29, 1.82) is 0 Å². The molecule has 0 spiro atoms. The van der Waals surface area contributed by atoms with Gasteiger partial charge in [-0.05, 0) is 12.8 Å². The second-order valence-electron chi connectivity index (χ2n) is 3.79. The summed E-state index contributed by atoms with van der Waals surface area (Å²) in [6.45, 7) is 0. The fraction of sp³-hybridized carbons (Fsp3) is 0.800. The second-order valence-corrected chi connectivity index (χ2v) is 3.79. The van der Waals surface area contributed by atoms with Crippen molar-refractivity contribution >= 4 is 0 Å². The van der Waals surface area contributed by atoms with Crippen LogP contribution in [0, 0.1) is 0 Å². The molecule has 0 amide bonds. The first-order valence-electron chi connectivity index (χ1n) is 5.13. The number of aliphatic hydroxyl groups is 1. The smallest absolute Gasteiger partial charge is 0.205 e. The Kier molecular flexibility index (Phi) is 3.38. The number of aliphatic hydroxyl groups excluding tert-OH is 1. The second kappa shape index (κ2) is 4.59. The fourth-order valence-electron chi connectivity index (χ4n) is 1.87. The Balaban J connectivity index is 1.85. The van der Waals surface area contributed by atoms with Crippen LogP contribution in [0.3, 0.4) is 0 Å². The largest absolute Gasteiger partial charge is 0.389 e. The summed E-state index contributed by atoms with van der Waals surface area (Å²) in [6.07, 6.45) is 4.68. The van der Waals surface area contributed by atoms with Gasteiger partial charge in [0.1, 0.15) is 0 Å². The van der Waals surface area contributed by atoms with Gasteiger partial charge in [0.15, 0.2) is 0 Å². The monoisotopic (exact) mass is 215 g/mol. The highest BCUT2D eigenvalue weighted by molar-refractivity contribution is 5.03. The topological polar surface area (TPSA) is 54.2 Å². The summed E-state index contributed by atoms with van der Waals surface area (Å²) >= 11 is 0. The lowest BCUT2D eigenvalue weighted by atomic mass is 10.0. The third-order valence-corrected chi connectivity index (χ3v) is 2.77. The van der Waals surface area contributed by atoms with Crippen molar-refractivity contribution < 1.29 is 19.4 Å². The summed E-state index contributed by atoms with van der Waals surface area (Å²) in [5.74, 6) is 0. The van der Waals surface area contributed by atoms with Crippen molar-refractivity contribution in [1.82, 2.24) is 5.06 Å². The molecule has 1 fully saturated rings. The zero-order chi connectivity index (χ0) is 10.8. The van der Waals surface area contributed by atoms with E-state index in [0.29, 0.717) is 0 Å². The van der Waals surface area contributed by atoms with Gasteiger partial charge in [-0.3, -0.25) is 4.84 Å². The summed E-state index contributed by atoms with van der Waals surface area (Å²) in [7, 11) is 3.18. The van der Waals surface area contributed by atoms with Gasteiger partial charge in [-0.25, -0.2) is 0 Å². The molecule has 0 saturated carbocycles. The van der Waals surface area contributed by atoms with E-state index in [-0.39, 0.29) is 24.7 Å². The highest BCUT2D eigenvalue weighted by Gasteiger charge is 2.48. The first kappa shape index (κ1) is 11.0. The molecule has 1 aliphatic heterocycles. The van der Waals surface area contributed by atoms with Crippen LogP contribution in [0.2, 0.25) is 0 Å². The summed E-state index contributed by atoms with van der Waals surface area (Å²) in [5, 5.41) is 11.1. The lowest BCUT2D eigenvalue weighted by Gasteiger charge is -2.19. The van der Waals surface area contributed by atoms with Crippen molar-refractivity contribution in [2.75, 3.05) is 14.2 Å². The Hall–Kier alpha value is -0.460. The summed E-state index contributed by atoms with van der Waals surface area (Å²) < 4.78 is 10.2. The molecule has 1 N–H and O–H groups in total. The maximum Gasteiger partial charge on any atom is 0.205 e. The van der Waals surface area contributed by atoms with Crippen LogP contribution in [-0.4, -0.2) is 49.1 Å². The van der Waals surface area contributed by atoms with Crippen LogP contribution < -0.4 is 0 Å². The molecule has 0 aromatic rings. The van der Waals surface area contributed by atoms with E-state index in [4.69, 9.17) is 14.3 Å². The molecule has 0 aromatic carbocycles. The number of hydrogen-bond acceptors (Lipinski definition) is 5. The molecule has 0 bridgehead atoms. The van der Waals surface area contributed by atoms with Gasteiger partial charge in [0.2, 0.25) is 12.5 Å². The molecule has 1 saturated heterocycles. The van der Waals surface area contributed by atoms with Crippen molar-refractivity contribution in [3.63, 3.8) is 0 Å². The number of ether oxygens (including phenoxy) is 2. The van der Waals surface area contributed by atoms with Crippen molar-refractivity contribution in [3.05, 3.63) is 12.2 Å². The van der Waals surface area contributed by atoms with E-state index in [9.17, 15) is 5.11 Å². The van der Waals surface area contributed by atoms with Crippen LogP contribution in [0.15, 0.2) is 12.2 Å². The van der Waals surface area contributed by atoms with Crippen LogP contribution in [0.1, 0.15) is 12.8 Å². The molecule has 5 nitrogen and oxygen atoms in total. The number of methoxy groups -OCH3 is 2. The highest BCUT2D eigenvalue weighted by Crippen LogP contribution is 2.32. The number of hydrogen-bond donors (Lipinski definition) is 1. The SMILES string of the molecule is COC(OC)C1ON1[C@@H]1C=CC(O)CC1. The van der Waals surface area contributed by atoms with Crippen molar-refractivity contribution in [2.24, 2.45) is 0 Å². The zero-order valence-corrected chi connectivity index (χ0v) is 9.00. The summed E-state index contributed by atoms with van der Waals surface area (Å²) in [4.78, 5) is 5.39. The molecule has 1 heterocycles. The third kappa shape index (κ3) is 2.38. The van der Waals surface area contributed by atoms with Gasteiger partial charge in [-0.1, -0.05) is 12.2 Å². The van der Waals surface area contributed by atoms with Crippen LogP contribution in [0.4, 0.5) is 0 Å². The first-order chi connectivity index (χ1) is 7.26. The molecule has 15 heavy (non-hydrogen) atoms. The van der Waals surface area contributed by atoms with Crippen molar-refractivity contribution in [3.8, 4) is 0 Å². The van der Waals surface area contributed by atoms with Gasteiger partial charge in [-0.15, -0.1) is 5.06 Å². The molecule has 3 unspecified atom stereocenters. The Bertz CT molecular complexity index is 242. The molecule has 4 atom stereocenters. The van der Waals surface area contributed by atoms with Gasteiger partial charge in [-0.2, -0.15) is 0 Å². The lowest BCUT2D eigenvalue weighted by Crippen LogP contribution is -2.30. The van der Waals surface area contributed by atoms with E-state index in [1.807, 2.05) is 17.2 Å². The average Bonchev–Trinajstić information content (AvgIpc) is 3.01. The van der Waals surface area contributed by atoms with Crippen LogP contribution in [-0.2, 0) is 14.3 Å². The normalized spacial score (nSPS) is 39.7. The van der Waals surface area contributed by atoms with E-state index in [0.717, 1.165) is 12.8 Å². The highest BCUT2D eigenvalue weighted by atomic mass is 16.9. The summed E-state index contributed by atoms with van der Waals surface area (Å²) in [5.41, 5.74) is 0. The minimum absolute atomic E-state index is 0.120. The van der Waals surface area contributed by atoms with E-state index < -0.39 is 0 Å². The van der Waals surface area contributed by atoms with Gasteiger partial charge in [0.25, 0.3) is 0 Å². The van der Waals surface area contributed by atoms with E-state index in [2.05, 4.69) is 0 Å². The maximum absolute atomic E-state index is 9.30. The van der Waals surface area contributed by atoms with Crippen molar-refractivity contribution in [2.45, 2.75) is 37.5 Å². The number of hydroxylamine groups is 2. The minimum Gasteiger partial charge on any atom is -0.389 e. The molecule has 0 aromatic heterocycles. The van der Waals surface area contributed by atoms with E-state index in [1.165, 1.54) is 0 Å². The molecule has 0 radical (unpaired) electrons. The molecular weight excluding hydrogens is 198 g/mol. The van der Waals surface area contributed by atoms with Crippen LogP contribution in [0.5, 0.6) is 0 Å². The van der Waals surface area contributed by atoms with E-state index in [1.54, 1.807) is 14.2 Å². The fourth-order valence-corrected chi connectivity index (χ4v) is 1.87. The van der Waals surface area contributed by atoms with E-state index >= 15 is 0 Å². The minimum atomic E-state index is -0.342.